The fourth-order valence-electron chi connectivity index (χ4n) is 6.86. The van der Waals surface area contributed by atoms with E-state index in [4.69, 9.17) is 4.98 Å². The molecule has 6 heteroatoms. The van der Waals surface area contributed by atoms with Gasteiger partial charge in [-0.25, -0.2) is 4.98 Å². The van der Waals surface area contributed by atoms with Crippen LogP contribution < -0.4 is 5.32 Å². The number of hydrogen-bond acceptors (Lipinski definition) is 4. The molecule has 0 fully saturated rings. The summed E-state index contributed by atoms with van der Waals surface area (Å²) in [5.41, 5.74) is 5.63. The average Bonchev–Trinajstić information content (AvgIpc) is 3.60. The van der Waals surface area contributed by atoms with Crippen molar-refractivity contribution in [2.75, 3.05) is 11.9 Å². The molecule has 0 saturated carbocycles. The SMILES string of the molecule is CCCC(C)(C)C(=O)N(CC=Cc1cnc2c(c1)CC1(C2)C(=O)Nc2ncccc21)C1CCc2ccccc21. The van der Waals surface area contributed by atoms with Crippen molar-refractivity contribution >= 4 is 23.7 Å². The zero-order valence-electron chi connectivity index (χ0n) is 23.0. The fourth-order valence-corrected chi connectivity index (χ4v) is 6.86. The number of nitrogens with zero attached hydrogens (tertiary/aromatic N) is 3. The maximum Gasteiger partial charge on any atom is 0.237 e. The minimum atomic E-state index is -0.620. The van der Waals surface area contributed by atoms with E-state index in [1.807, 2.05) is 18.3 Å². The molecule has 1 aliphatic heterocycles. The van der Waals surface area contributed by atoms with Gasteiger partial charge in [0.25, 0.3) is 0 Å². The number of hydrogen-bond donors (Lipinski definition) is 1. The molecule has 3 heterocycles. The van der Waals surface area contributed by atoms with Gasteiger partial charge in [-0.1, -0.05) is 69.7 Å². The highest BCUT2D eigenvalue weighted by molar-refractivity contribution is 6.06. The quantitative estimate of drug-likeness (QED) is 0.426. The van der Waals surface area contributed by atoms with Crippen molar-refractivity contribution in [2.45, 2.75) is 70.8 Å². The van der Waals surface area contributed by atoms with Gasteiger partial charge in [0, 0.05) is 42.0 Å². The summed E-state index contributed by atoms with van der Waals surface area (Å²) in [6.45, 7) is 6.83. The maximum atomic E-state index is 13.9. The Bertz CT molecular complexity index is 1480. The van der Waals surface area contributed by atoms with Crippen molar-refractivity contribution in [1.82, 2.24) is 14.9 Å². The van der Waals surface area contributed by atoms with Gasteiger partial charge in [0.2, 0.25) is 11.8 Å². The second kappa shape index (κ2) is 9.74. The standard InChI is InChI=1S/C33H36N4O2/c1-4-15-32(2,3)31(39)37(28-14-13-23-10-5-6-11-25(23)28)17-8-9-22-18-24-19-33(20-27(24)35-21-22)26-12-7-16-34-29(26)36-30(33)38/h5-12,16,18,21,28H,4,13-15,17,19-20H2,1-3H3,(H,34,36,38). The molecule has 6 rings (SSSR count). The van der Waals surface area contributed by atoms with Crippen LogP contribution in [0.15, 0.2) is 60.9 Å². The lowest BCUT2D eigenvalue weighted by atomic mass is 9.80. The number of pyridine rings is 2. The van der Waals surface area contributed by atoms with E-state index in [9.17, 15) is 9.59 Å². The highest BCUT2D eigenvalue weighted by Gasteiger charge is 2.51. The highest BCUT2D eigenvalue weighted by Crippen LogP contribution is 2.46. The van der Waals surface area contributed by atoms with Crippen LogP contribution in [-0.2, 0) is 34.3 Å². The van der Waals surface area contributed by atoms with Gasteiger partial charge in [0.15, 0.2) is 0 Å². The average molecular weight is 521 g/mol. The number of rotatable bonds is 7. The number of fused-ring (bicyclic) bond motifs is 4. The number of amides is 2. The van der Waals surface area contributed by atoms with Crippen molar-refractivity contribution in [3.8, 4) is 0 Å². The molecular weight excluding hydrogens is 484 g/mol. The van der Waals surface area contributed by atoms with Crippen LogP contribution in [0.2, 0.25) is 0 Å². The van der Waals surface area contributed by atoms with E-state index in [-0.39, 0.29) is 17.9 Å². The molecule has 1 spiro atoms. The summed E-state index contributed by atoms with van der Waals surface area (Å²) < 4.78 is 0. The van der Waals surface area contributed by atoms with E-state index in [1.54, 1.807) is 6.20 Å². The molecule has 3 aromatic rings. The summed E-state index contributed by atoms with van der Waals surface area (Å²) in [5, 5.41) is 2.96. The third kappa shape index (κ3) is 4.36. The van der Waals surface area contributed by atoms with E-state index >= 15 is 0 Å². The monoisotopic (exact) mass is 520 g/mol. The Kier molecular flexibility index (Phi) is 6.37. The summed E-state index contributed by atoms with van der Waals surface area (Å²) >= 11 is 0. The summed E-state index contributed by atoms with van der Waals surface area (Å²) in [5.74, 6) is 0.885. The first kappa shape index (κ1) is 25.5. The first-order valence-electron chi connectivity index (χ1n) is 14.1. The molecule has 3 aliphatic rings. The van der Waals surface area contributed by atoms with Crippen LogP contribution in [0, 0.1) is 5.41 Å². The number of aromatic nitrogens is 2. The maximum absolute atomic E-state index is 13.9. The van der Waals surface area contributed by atoms with Crippen molar-refractivity contribution in [3.05, 3.63) is 94.4 Å². The van der Waals surface area contributed by atoms with Gasteiger partial charge in [0.05, 0.1) is 11.5 Å². The minimum Gasteiger partial charge on any atom is -0.331 e. The molecule has 200 valence electrons. The molecule has 1 N–H and O–H groups in total. The van der Waals surface area contributed by atoms with E-state index in [2.05, 4.69) is 78.5 Å². The van der Waals surface area contributed by atoms with Gasteiger partial charge in [-0.15, -0.1) is 0 Å². The van der Waals surface area contributed by atoms with Crippen molar-refractivity contribution < 1.29 is 9.59 Å². The van der Waals surface area contributed by atoms with Crippen LogP contribution in [-0.4, -0.2) is 33.2 Å². The second-order valence-corrected chi connectivity index (χ2v) is 11.9. The Balaban J connectivity index is 1.24. The number of carbonyl (C=O) groups is 2. The molecule has 1 aromatic carbocycles. The van der Waals surface area contributed by atoms with Gasteiger partial charge in [0.1, 0.15) is 5.82 Å². The molecular formula is C33H36N4O2. The lowest BCUT2D eigenvalue weighted by Gasteiger charge is -2.36. The highest BCUT2D eigenvalue weighted by atomic mass is 16.2. The number of benzene rings is 1. The Morgan fingerprint density at radius 2 is 2.00 bits per heavy atom. The van der Waals surface area contributed by atoms with Gasteiger partial charge >= 0.3 is 0 Å². The van der Waals surface area contributed by atoms with Gasteiger partial charge < -0.3 is 10.2 Å². The molecule has 0 saturated heterocycles. The van der Waals surface area contributed by atoms with Crippen molar-refractivity contribution in [1.29, 1.82) is 0 Å². The van der Waals surface area contributed by atoms with Crippen LogP contribution in [0.25, 0.3) is 6.08 Å². The summed E-state index contributed by atoms with van der Waals surface area (Å²) in [4.78, 5) is 38.1. The molecule has 0 radical (unpaired) electrons. The third-order valence-electron chi connectivity index (χ3n) is 8.84. The van der Waals surface area contributed by atoms with Crippen LogP contribution >= 0.6 is 0 Å². The molecule has 2 unspecified atom stereocenters. The molecule has 39 heavy (non-hydrogen) atoms. The zero-order valence-corrected chi connectivity index (χ0v) is 23.0. The minimum absolute atomic E-state index is 0.00647. The Hall–Kier alpha value is -3.80. The van der Waals surface area contributed by atoms with Crippen molar-refractivity contribution in [2.24, 2.45) is 5.41 Å². The molecule has 6 nitrogen and oxygen atoms in total. The van der Waals surface area contributed by atoms with Crippen LogP contribution in [0.5, 0.6) is 0 Å². The number of anilines is 1. The van der Waals surface area contributed by atoms with Gasteiger partial charge in [-0.3, -0.25) is 14.6 Å². The summed E-state index contributed by atoms with van der Waals surface area (Å²) in [7, 11) is 0. The number of nitrogens with one attached hydrogen (secondary N) is 1. The molecule has 2 aliphatic carbocycles. The predicted molar refractivity (Wildman–Crippen MR) is 153 cm³/mol. The van der Waals surface area contributed by atoms with Crippen LogP contribution in [0.1, 0.15) is 79.6 Å². The third-order valence-corrected chi connectivity index (χ3v) is 8.84. The van der Waals surface area contributed by atoms with Crippen molar-refractivity contribution in [3.63, 3.8) is 0 Å². The second-order valence-electron chi connectivity index (χ2n) is 11.9. The number of carbonyl (C=O) groups excluding carboxylic acids is 2. The van der Waals surface area contributed by atoms with E-state index in [0.717, 1.165) is 48.1 Å². The lowest BCUT2D eigenvalue weighted by molar-refractivity contribution is -0.142. The normalized spacial score (nSPS) is 21.2. The smallest absolute Gasteiger partial charge is 0.237 e. The van der Waals surface area contributed by atoms with E-state index in [0.29, 0.717) is 25.2 Å². The van der Waals surface area contributed by atoms with Gasteiger partial charge in [-0.2, -0.15) is 0 Å². The molecule has 2 aromatic heterocycles. The van der Waals surface area contributed by atoms with Crippen LogP contribution in [0.4, 0.5) is 5.82 Å². The van der Waals surface area contributed by atoms with E-state index in [1.165, 1.54) is 11.1 Å². The lowest BCUT2D eigenvalue weighted by Crippen LogP contribution is -2.42. The Labute approximate surface area is 230 Å². The van der Waals surface area contributed by atoms with Crippen LogP contribution in [0.3, 0.4) is 0 Å². The zero-order chi connectivity index (χ0) is 27.2. The van der Waals surface area contributed by atoms with E-state index < -0.39 is 10.8 Å². The largest absolute Gasteiger partial charge is 0.331 e. The van der Waals surface area contributed by atoms with Gasteiger partial charge in [-0.05, 0) is 60.1 Å². The Morgan fingerprint density at radius 3 is 2.85 bits per heavy atom. The molecule has 2 amide bonds. The summed E-state index contributed by atoms with van der Waals surface area (Å²) in [6.07, 6.45) is 12.8. The summed E-state index contributed by atoms with van der Waals surface area (Å²) in [6, 6.07) is 14.7. The predicted octanol–water partition coefficient (Wildman–Crippen LogP) is 5.82. The first-order valence-corrected chi connectivity index (χ1v) is 14.1. The first-order chi connectivity index (χ1) is 18.8. The number of aryl methyl sites for hydroxylation is 1. The molecule has 2 atom stereocenters. The fraction of sp³-hybridized carbons (Fsp3) is 0.394. The Morgan fingerprint density at radius 1 is 1.15 bits per heavy atom. The topological polar surface area (TPSA) is 75.2 Å². The molecule has 0 bridgehead atoms.